The molecule has 0 amide bonds. The van der Waals surface area contributed by atoms with Crippen LogP contribution in [-0.4, -0.2) is 81.2 Å². The van der Waals surface area contributed by atoms with E-state index in [-0.39, 0.29) is 6.54 Å². The zero-order chi connectivity index (χ0) is 17.5. The van der Waals surface area contributed by atoms with Crippen molar-refractivity contribution in [2.75, 3.05) is 6.54 Å². The fraction of sp³-hybridized carbons (Fsp3) is 1.00. The summed E-state index contributed by atoms with van der Waals surface area (Å²) in [5.41, 5.74) is 21.5. The lowest BCUT2D eigenvalue weighted by molar-refractivity contribution is -0.174. The molecule has 8 unspecified atom stereocenters. The summed E-state index contributed by atoms with van der Waals surface area (Å²) in [7, 11) is 0. The van der Waals surface area contributed by atoms with Crippen molar-refractivity contribution in [3.63, 3.8) is 0 Å². The molecule has 0 radical (unpaired) electrons. The van der Waals surface area contributed by atoms with Gasteiger partial charge in [0.2, 0.25) is 0 Å². The van der Waals surface area contributed by atoms with Crippen LogP contribution in [0.1, 0.15) is 19.8 Å². The zero-order valence-electron chi connectivity index (χ0n) is 13.3. The van der Waals surface area contributed by atoms with E-state index in [1.54, 1.807) is 6.92 Å². The molecule has 9 heteroatoms. The minimum atomic E-state index is -1.57. The van der Waals surface area contributed by atoms with Gasteiger partial charge in [0.1, 0.15) is 17.8 Å². The maximum atomic E-state index is 10.4. The fourth-order valence-corrected chi connectivity index (χ4v) is 3.49. The van der Waals surface area contributed by atoms with Crippen LogP contribution in [0.15, 0.2) is 0 Å². The molecule has 2 aliphatic carbocycles. The summed E-state index contributed by atoms with van der Waals surface area (Å²) in [6.07, 6.45) is -3.51. The van der Waals surface area contributed by atoms with E-state index < -0.39 is 60.2 Å². The minimum Gasteiger partial charge on any atom is -0.392 e. The third kappa shape index (κ3) is 3.26. The van der Waals surface area contributed by atoms with Crippen LogP contribution in [0.5, 0.6) is 0 Å². The summed E-state index contributed by atoms with van der Waals surface area (Å²) in [4.78, 5) is 0. The maximum absolute atomic E-state index is 10.4. The van der Waals surface area contributed by atoms with Crippen LogP contribution in [0.4, 0.5) is 0 Å². The first-order valence-electron chi connectivity index (χ1n) is 8.05. The van der Waals surface area contributed by atoms with E-state index in [1.807, 2.05) is 0 Å². The van der Waals surface area contributed by atoms with E-state index in [9.17, 15) is 20.4 Å². The molecule has 0 saturated heterocycles. The van der Waals surface area contributed by atoms with Gasteiger partial charge >= 0.3 is 0 Å². The Hall–Kier alpha value is -0.360. The number of hydrogen-bond donors (Lipinski definition) is 8. The zero-order valence-corrected chi connectivity index (χ0v) is 13.3. The summed E-state index contributed by atoms with van der Waals surface area (Å²) >= 11 is 0. The van der Waals surface area contributed by atoms with Crippen molar-refractivity contribution in [1.29, 1.82) is 0 Å². The van der Waals surface area contributed by atoms with Gasteiger partial charge in [0.25, 0.3) is 0 Å². The molecule has 2 aliphatic rings. The highest BCUT2D eigenvalue weighted by atomic mass is 16.5. The Morgan fingerprint density at radius 3 is 2.39 bits per heavy atom. The lowest BCUT2D eigenvalue weighted by Crippen LogP contribution is -2.63. The number of rotatable bonds is 7. The van der Waals surface area contributed by atoms with Gasteiger partial charge in [-0.3, -0.25) is 0 Å². The standard InChI is InChI=1S/C14H30N4O5/c1-5(7(16)3-2-6(19)4-15)23-11-9(17)10(20)8-12(18)14(8,22)13(11)21/h5-13,19-22H,2-4,15-18H2,1H3/t5-,6?,7?,8?,9-,10?,11?,12?,13?,14?/m0/s1. The average Bonchev–Trinajstić information content (AvgIpc) is 3.09. The summed E-state index contributed by atoms with van der Waals surface area (Å²) in [5.74, 6) is -0.643. The number of fused-ring (bicyclic) bond motifs is 1. The molecule has 0 aromatic heterocycles. The molecule has 2 saturated carbocycles. The van der Waals surface area contributed by atoms with Crippen LogP contribution in [-0.2, 0) is 4.74 Å². The van der Waals surface area contributed by atoms with Gasteiger partial charge in [-0.05, 0) is 19.8 Å². The van der Waals surface area contributed by atoms with Gasteiger partial charge in [-0.15, -0.1) is 0 Å². The number of ether oxygens (including phenoxy) is 1. The molecule has 0 aromatic rings. The molecule has 0 bridgehead atoms. The SMILES string of the molecule is C[C@H](OC1C(O)C2(O)C(N)C2C(O)[C@@H]1N)C(N)CCC(O)CN. The molecule has 12 N–H and O–H groups in total. The van der Waals surface area contributed by atoms with Crippen molar-refractivity contribution in [3.8, 4) is 0 Å². The predicted molar refractivity (Wildman–Crippen MR) is 83.0 cm³/mol. The molecule has 0 heterocycles. The molecule has 2 rings (SSSR count). The fourth-order valence-electron chi connectivity index (χ4n) is 3.49. The first-order valence-corrected chi connectivity index (χ1v) is 8.05. The molecule has 9 nitrogen and oxygen atoms in total. The second-order valence-corrected chi connectivity index (χ2v) is 6.89. The maximum Gasteiger partial charge on any atom is 0.115 e. The molecule has 2 fully saturated rings. The smallest absolute Gasteiger partial charge is 0.115 e. The first kappa shape index (κ1) is 19.0. The third-order valence-corrected chi connectivity index (χ3v) is 5.35. The number of aliphatic hydroxyl groups is 4. The van der Waals surface area contributed by atoms with E-state index in [2.05, 4.69) is 0 Å². The second-order valence-electron chi connectivity index (χ2n) is 6.89. The Morgan fingerprint density at radius 2 is 1.83 bits per heavy atom. The van der Waals surface area contributed by atoms with Gasteiger partial charge in [-0.2, -0.15) is 0 Å². The van der Waals surface area contributed by atoms with E-state index in [0.29, 0.717) is 12.8 Å². The molecule has 0 aliphatic heterocycles. The molecular weight excluding hydrogens is 304 g/mol. The molecule has 23 heavy (non-hydrogen) atoms. The normalized spacial score (nSPS) is 46.8. The number of nitrogens with two attached hydrogens (primary N) is 4. The van der Waals surface area contributed by atoms with E-state index in [4.69, 9.17) is 27.7 Å². The van der Waals surface area contributed by atoms with Crippen LogP contribution < -0.4 is 22.9 Å². The van der Waals surface area contributed by atoms with Crippen molar-refractivity contribution < 1.29 is 25.2 Å². The van der Waals surface area contributed by atoms with E-state index >= 15 is 0 Å². The Balaban J connectivity index is 1.95. The third-order valence-electron chi connectivity index (χ3n) is 5.35. The van der Waals surface area contributed by atoms with Gasteiger partial charge in [0.05, 0.1) is 24.4 Å². The van der Waals surface area contributed by atoms with Gasteiger partial charge in [-0.1, -0.05) is 0 Å². The molecule has 0 spiro atoms. The second kappa shape index (κ2) is 6.87. The van der Waals surface area contributed by atoms with Crippen molar-refractivity contribution in [3.05, 3.63) is 0 Å². The highest BCUT2D eigenvalue weighted by Crippen LogP contribution is 2.52. The average molecular weight is 334 g/mol. The number of hydrogen-bond acceptors (Lipinski definition) is 9. The van der Waals surface area contributed by atoms with Gasteiger partial charge in [0, 0.05) is 24.5 Å². The minimum absolute atomic E-state index is 0.159. The van der Waals surface area contributed by atoms with E-state index in [0.717, 1.165) is 0 Å². The Labute approximate surface area is 135 Å². The van der Waals surface area contributed by atoms with Crippen LogP contribution in [0.25, 0.3) is 0 Å². The molecule has 10 atom stereocenters. The summed E-state index contributed by atoms with van der Waals surface area (Å²) < 4.78 is 5.74. The molecular formula is C14H30N4O5. The summed E-state index contributed by atoms with van der Waals surface area (Å²) in [5, 5.41) is 40.3. The largest absolute Gasteiger partial charge is 0.392 e. The first-order chi connectivity index (χ1) is 10.7. The molecule has 0 aromatic carbocycles. The van der Waals surface area contributed by atoms with Crippen LogP contribution in [0, 0.1) is 5.92 Å². The van der Waals surface area contributed by atoms with Crippen molar-refractivity contribution >= 4 is 0 Å². The topological polar surface area (TPSA) is 194 Å². The van der Waals surface area contributed by atoms with Crippen LogP contribution in [0.2, 0.25) is 0 Å². The lowest BCUT2D eigenvalue weighted by atomic mass is 9.85. The van der Waals surface area contributed by atoms with Crippen molar-refractivity contribution in [2.45, 2.75) is 74.0 Å². The van der Waals surface area contributed by atoms with Crippen LogP contribution in [0.3, 0.4) is 0 Å². The summed E-state index contributed by atoms with van der Waals surface area (Å²) in [6, 6.07) is -2.00. The van der Waals surface area contributed by atoms with Crippen molar-refractivity contribution in [2.24, 2.45) is 28.9 Å². The summed E-state index contributed by atoms with van der Waals surface area (Å²) in [6.45, 7) is 1.88. The monoisotopic (exact) mass is 334 g/mol. The predicted octanol–water partition coefficient (Wildman–Crippen LogP) is -4.06. The Morgan fingerprint density at radius 1 is 1.22 bits per heavy atom. The lowest BCUT2D eigenvalue weighted by Gasteiger charge is -2.40. The highest BCUT2D eigenvalue weighted by Gasteiger charge is 2.75. The van der Waals surface area contributed by atoms with Gasteiger partial charge in [-0.25, -0.2) is 0 Å². The highest BCUT2D eigenvalue weighted by molar-refractivity contribution is 5.28. The van der Waals surface area contributed by atoms with Crippen LogP contribution >= 0.6 is 0 Å². The number of aliphatic hydroxyl groups excluding tert-OH is 3. The van der Waals surface area contributed by atoms with Gasteiger partial charge in [0.15, 0.2) is 0 Å². The Bertz CT molecular complexity index is 417. The Kier molecular flexibility index (Phi) is 5.66. The quantitative estimate of drug-likeness (QED) is 0.228. The van der Waals surface area contributed by atoms with Gasteiger partial charge < -0.3 is 48.1 Å². The van der Waals surface area contributed by atoms with E-state index in [1.165, 1.54) is 0 Å². The van der Waals surface area contributed by atoms with Crippen molar-refractivity contribution in [1.82, 2.24) is 0 Å². The molecule has 136 valence electrons.